The Morgan fingerprint density at radius 3 is 2.05 bits per heavy atom. The molecule has 0 spiro atoms. The van der Waals surface area contributed by atoms with Crippen LogP contribution in [0.5, 0.6) is 0 Å². The predicted octanol–water partition coefficient (Wildman–Crippen LogP) is 5.51. The van der Waals surface area contributed by atoms with Crippen molar-refractivity contribution in [1.29, 1.82) is 0 Å². The number of nitrogens with one attached hydrogen (secondary N) is 1. The van der Waals surface area contributed by atoms with Crippen LogP contribution in [0.25, 0.3) is 10.8 Å². The molecule has 0 bridgehead atoms. The second-order valence-electron chi connectivity index (χ2n) is 5.46. The maximum atomic E-state index is 3.56. The first-order chi connectivity index (χ1) is 9.63. The van der Waals surface area contributed by atoms with Gasteiger partial charge >= 0.3 is 0 Å². The maximum absolute atomic E-state index is 3.56. The zero-order valence-electron chi connectivity index (χ0n) is 12.2. The first kappa shape index (κ1) is 12.7. The minimum atomic E-state index is 1.14. The van der Waals surface area contributed by atoms with Crippen molar-refractivity contribution in [3.05, 3.63) is 71.3 Å². The topological polar surface area (TPSA) is 12.0 Å². The summed E-state index contributed by atoms with van der Waals surface area (Å²) in [5.74, 6) is 0. The number of rotatable bonds is 2. The molecule has 1 nitrogen and oxygen atoms in total. The highest BCUT2D eigenvalue weighted by atomic mass is 14.9. The molecule has 0 aliphatic heterocycles. The lowest BCUT2D eigenvalue weighted by molar-refractivity contribution is 1.31. The average Bonchev–Trinajstić information content (AvgIpc) is 2.42. The maximum Gasteiger partial charge on any atom is 0.0443 e. The van der Waals surface area contributed by atoms with Crippen molar-refractivity contribution in [1.82, 2.24) is 0 Å². The van der Waals surface area contributed by atoms with Gasteiger partial charge in [-0.15, -0.1) is 0 Å². The van der Waals surface area contributed by atoms with Crippen LogP contribution in [0.2, 0.25) is 0 Å². The summed E-state index contributed by atoms with van der Waals surface area (Å²) in [5, 5.41) is 6.10. The zero-order chi connectivity index (χ0) is 14.1. The summed E-state index contributed by atoms with van der Waals surface area (Å²) in [6, 6.07) is 19.4. The lowest BCUT2D eigenvalue weighted by Gasteiger charge is -2.14. The Bertz CT molecular complexity index is 749. The number of hydrogen-bond acceptors (Lipinski definition) is 1. The van der Waals surface area contributed by atoms with E-state index in [1.165, 1.54) is 33.2 Å². The minimum absolute atomic E-state index is 1.14. The van der Waals surface area contributed by atoms with Gasteiger partial charge in [0, 0.05) is 11.4 Å². The Kier molecular flexibility index (Phi) is 3.19. The van der Waals surface area contributed by atoms with Crippen molar-refractivity contribution in [3.8, 4) is 0 Å². The van der Waals surface area contributed by atoms with Gasteiger partial charge in [-0.05, 0) is 54.8 Å². The molecule has 3 aromatic carbocycles. The monoisotopic (exact) mass is 261 g/mol. The van der Waals surface area contributed by atoms with Gasteiger partial charge in [-0.3, -0.25) is 0 Å². The fourth-order valence-electron chi connectivity index (χ4n) is 2.79. The normalized spacial score (nSPS) is 10.8. The lowest BCUT2D eigenvalue weighted by atomic mass is 10.0. The van der Waals surface area contributed by atoms with E-state index in [1.807, 2.05) is 0 Å². The zero-order valence-corrected chi connectivity index (χ0v) is 12.2. The number of hydrogen-bond donors (Lipinski definition) is 1. The molecule has 1 N–H and O–H groups in total. The van der Waals surface area contributed by atoms with Crippen LogP contribution < -0.4 is 5.32 Å². The molecular formula is C19H19N. The fourth-order valence-corrected chi connectivity index (χ4v) is 2.79. The SMILES string of the molecule is Cc1cc(C)c(Nc2ccc3ccccc3c2)c(C)c1. The van der Waals surface area contributed by atoms with E-state index in [0.717, 1.165) is 5.69 Å². The van der Waals surface area contributed by atoms with Gasteiger partial charge in [-0.2, -0.15) is 0 Å². The van der Waals surface area contributed by atoms with Crippen molar-refractivity contribution in [2.45, 2.75) is 20.8 Å². The van der Waals surface area contributed by atoms with E-state index in [0.29, 0.717) is 0 Å². The Morgan fingerprint density at radius 1 is 0.700 bits per heavy atom. The third kappa shape index (κ3) is 2.39. The summed E-state index contributed by atoms with van der Waals surface area (Å²) >= 11 is 0. The smallest absolute Gasteiger partial charge is 0.0443 e. The van der Waals surface area contributed by atoms with E-state index in [9.17, 15) is 0 Å². The third-order valence-corrected chi connectivity index (χ3v) is 3.70. The summed E-state index contributed by atoms with van der Waals surface area (Å²) in [7, 11) is 0. The summed E-state index contributed by atoms with van der Waals surface area (Å²) in [4.78, 5) is 0. The largest absolute Gasteiger partial charge is 0.355 e. The molecule has 3 aromatic rings. The molecule has 0 aromatic heterocycles. The molecule has 0 aliphatic rings. The summed E-state index contributed by atoms with van der Waals surface area (Å²) in [6.45, 7) is 6.45. The van der Waals surface area contributed by atoms with Crippen LogP contribution >= 0.6 is 0 Å². The molecule has 0 fully saturated rings. The fraction of sp³-hybridized carbons (Fsp3) is 0.158. The predicted molar refractivity (Wildman–Crippen MR) is 87.9 cm³/mol. The molecule has 0 amide bonds. The van der Waals surface area contributed by atoms with Gasteiger partial charge in [0.25, 0.3) is 0 Å². The molecule has 3 rings (SSSR count). The van der Waals surface area contributed by atoms with Crippen molar-refractivity contribution in [2.24, 2.45) is 0 Å². The highest BCUT2D eigenvalue weighted by molar-refractivity contribution is 5.86. The number of fused-ring (bicyclic) bond motifs is 1. The number of aryl methyl sites for hydroxylation is 3. The quantitative estimate of drug-likeness (QED) is 0.641. The van der Waals surface area contributed by atoms with E-state index < -0.39 is 0 Å². The van der Waals surface area contributed by atoms with E-state index in [-0.39, 0.29) is 0 Å². The van der Waals surface area contributed by atoms with Gasteiger partial charge in [-0.25, -0.2) is 0 Å². The molecule has 0 saturated heterocycles. The molecule has 0 atom stereocenters. The summed E-state index contributed by atoms with van der Waals surface area (Å²) in [5.41, 5.74) is 6.24. The molecule has 0 saturated carbocycles. The van der Waals surface area contributed by atoms with Crippen molar-refractivity contribution in [3.63, 3.8) is 0 Å². The standard InChI is InChI=1S/C19H19N/c1-13-10-14(2)19(15(3)11-13)20-18-9-8-16-6-4-5-7-17(16)12-18/h4-12,20H,1-3H3. The van der Waals surface area contributed by atoms with Gasteiger partial charge in [-0.1, -0.05) is 48.0 Å². The van der Waals surface area contributed by atoms with Crippen molar-refractivity contribution in [2.75, 3.05) is 5.32 Å². The minimum Gasteiger partial charge on any atom is -0.355 e. The molecule has 20 heavy (non-hydrogen) atoms. The van der Waals surface area contributed by atoms with Crippen LogP contribution in [0.3, 0.4) is 0 Å². The number of anilines is 2. The average molecular weight is 261 g/mol. The first-order valence-corrected chi connectivity index (χ1v) is 6.97. The molecule has 1 heteroatoms. The second-order valence-corrected chi connectivity index (χ2v) is 5.46. The van der Waals surface area contributed by atoms with Gasteiger partial charge in [0.05, 0.1) is 0 Å². The van der Waals surface area contributed by atoms with Crippen LogP contribution in [-0.2, 0) is 0 Å². The van der Waals surface area contributed by atoms with Gasteiger partial charge < -0.3 is 5.32 Å². The van der Waals surface area contributed by atoms with Crippen LogP contribution in [0.15, 0.2) is 54.6 Å². The Labute approximate surface area is 120 Å². The van der Waals surface area contributed by atoms with E-state index in [2.05, 4.69) is 80.7 Å². The number of benzene rings is 3. The molecule has 100 valence electrons. The van der Waals surface area contributed by atoms with Gasteiger partial charge in [0.1, 0.15) is 0 Å². The van der Waals surface area contributed by atoms with Crippen LogP contribution in [-0.4, -0.2) is 0 Å². The highest BCUT2D eigenvalue weighted by Crippen LogP contribution is 2.27. The van der Waals surface area contributed by atoms with Crippen LogP contribution in [0, 0.1) is 20.8 Å². The van der Waals surface area contributed by atoms with Gasteiger partial charge in [0.2, 0.25) is 0 Å². The van der Waals surface area contributed by atoms with Crippen LogP contribution in [0.1, 0.15) is 16.7 Å². The van der Waals surface area contributed by atoms with Crippen molar-refractivity contribution >= 4 is 22.1 Å². The van der Waals surface area contributed by atoms with E-state index in [1.54, 1.807) is 0 Å². The molecular weight excluding hydrogens is 242 g/mol. The summed E-state index contributed by atoms with van der Waals surface area (Å²) < 4.78 is 0. The third-order valence-electron chi connectivity index (χ3n) is 3.70. The van der Waals surface area contributed by atoms with Gasteiger partial charge in [0.15, 0.2) is 0 Å². The second kappa shape index (κ2) is 5.01. The Hall–Kier alpha value is -2.28. The van der Waals surface area contributed by atoms with E-state index >= 15 is 0 Å². The summed E-state index contributed by atoms with van der Waals surface area (Å²) in [6.07, 6.45) is 0. The van der Waals surface area contributed by atoms with Crippen molar-refractivity contribution < 1.29 is 0 Å². The molecule has 0 radical (unpaired) electrons. The Balaban J connectivity index is 2.01. The van der Waals surface area contributed by atoms with Crippen LogP contribution in [0.4, 0.5) is 11.4 Å². The molecule has 0 heterocycles. The molecule has 0 aliphatic carbocycles. The highest BCUT2D eigenvalue weighted by Gasteiger charge is 2.04. The Morgan fingerprint density at radius 2 is 1.35 bits per heavy atom. The lowest BCUT2D eigenvalue weighted by Crippen LogP contribution is -1.97. The first-order valence-electron chi connectivity index (χ1n) is 6.97. The molecule has 0 unspecified atom stereocenters. The van der Waals surface area contributed by atoms with E-state index in [4.69, 9.17) is 0 Å².